The van der Waals surface area contributed by atoms with Crippen molar-refractivity contribution in [3.8, 4) is 0 Å². The summed E-state index contributed by atoms with van der Waals surface area (Å²) in [7, 11) is 0. The standard InChI is InChI=1S/C17H25N3O2/c1-13-4-5-16(18-11-13)19-9-6-14(7-10-19)17(22)20-8-2-3-15(21)12-20/h4-5,11,14-15,21H,2-3,6-10,12H2,1H3. The van der Waals surface area contributed by atoms with Gasteiger partial charge in [-0.1, -0.05) is 6.07 Å². The maximum Gasteiger partial charge on any atom is 0.225 e. The molecule has 0 radical (unpaired) electrons. The Morgan fingerprint density at radius 3 is 2.64 bits per heavy atom. The Morgan fingerprint density at radius 1 is 1.23 bits per heavy atom. The Bertz CT molecular complexity index is 509. The number of aliphatic hydroxyl groups is 1. The van der Waals surface area contributed by atoms with Crippen molar-refractivity contribution in [2.45, 2.75) is 38.7 Å². The first-order valence-corrected chi connectivity index (χ1v) is 8.28. The minimum atomic E-state index is -0.338. The average Bonchev–Trinajstić information content (AvgIpc) is 2.55. The number of amides is 1. The second-order valence-electron chi connectivity index (χ2n) is 6.54. The second-order valence-corrected chi connectivity index (χ2v) is 6.54. The average molecular weight is 303 g/mol. The molecule has 5 nitrogen and oxygen atoms in total. The van der Waals surface area contributed by atoms with E-state index in [4.69, 9.17) is 0 Å². The molecule has 1 atom stereocenters. The van der Waals surface area contributed by atoms with E-state index in [1.54, 1.807) is 0 Å². The van der Waals surface area contributed by atoms with Gasteiger partial charge in [-0.25, -0.2) is 4.98 Å². The molecule has 0 aromatic carbocycles. The number of aliphatic hydroxyl groups excluding tert-OH is 1. The van der Waals surface area contributed by atoms with Crippen molar-refractivity contribution in [1.82, 2.24) is 9.88 Å². The van der Waals surface area contributed by atoms with Gasteiger partial charge in [0, 0.05) is 38.3 Å². The molecule has 22 heavy (non-hydrogen) atoms. The Kier molecular flexibility index (Phi) is 4.62. The van der Waals surface area contributed by atoms with Crippen LogP contribution in [0.3, 0.4) is 0 Å². The Hall–Kier alpha value is -1.62. The van der Waals surface area contributed by atoms with E-state index in [0.29, 0.717) is 6.54 Å². The molecule has 0 spiro atoms. The molecule has 2 fully saturated rings. The van der Waals surface area contributed by atoms with Gasteiger partial charge in [-0.05, 0) is 44.2 Å². The van der Waals surface area contributed by atoms with Crippen LogP contribution in [-0.4, -0.2) is 53.2 Å². The molecule has 3 rings (SSSR count). The number of likely N-dealkylation sites (tertiary alicyclic amines) is 1. The lowest BCUT2D eigenvalue weighted by atomic mass is 9.94. The molecule has 2 aliphatic rings. The highest BCUT2D eigenvalue weighted by atomic mass is 16.3. The third kappa shape index (κ3) is 3.40. The van der Waals surface area contributed by atoms with Crippen LogP contribution in [0.2, 0.25) is 0 Å². The van der Waals surface area contributed by atoms with Crippen LogP contribution < -0.4 is 4.90 Å². The molecule has 1 aromatic rings. The van der Waals surface area contributed by atoms with Crippen LogP contribution in [0.1, 0.15) is 31.2 Å². The molecular formula is C17H25N3O2. The zero-order valence-electron chi connectivity index (χ0n) is 13.2. The number of carbonyl (C=O) groups excluding carboxylic acids is 1. The van der Waals surface area contributed by atoms with E-state index < -0.39 is 0 Å². The van der Waals surface area contributed by atoms with Crippen molar-refractivity contribution < 1.29 is 9.90 Å². The summed E-state index contributed by atoms with van der Waals surface area (Å²) in [4.78, 5) is 21.2. The van der Waals surface area contributed by atoms with Gasteiger partial charge >= 0.3 is 0 Å². The van der Waals surface area contributed by atoms with E-state index in [0.717, 1.165) is 56.7 Å². The molecule has 1 aromatic heterocycles. The van der Waals surface area contributed by atoms with Gasteiger partial charge < -0.3 is 14.9 Å². The van der Waals surface area contributed by atoms with Gasteiger partial charge in [-0.15, -0.1) is 0 Å². The second kappa shape index (κ2) is 6.65. The SMILES string of the molecule is Cc1ccc(N2CCC(C(=O)N3CCCC(O)C3)CC2)nc1. The summed E-state index contributed by atoms with van der Waals surface area (Å²) < 4.78 is 0. The van der Waals surface area contributed by atoms with Crippen molar-refractivity contribution in [2.75, 3.05) is 31.1 Å². The lowest BCUT2D eigenvalue weighted by molar-refractivity contribution is -0.139. The molecule has 120 valence electrons. The molecule has 2 aliphatic heterocycles. The van der Waals surface area contributed by atoms with Gasteiger partial charge in [-0.3, -0.25) is 4.79 Å². The fourth-order valence-corrected chi connectivity index (χ4v) is 3.42. The van der Waals surface area contributed by atoms with Crippen molar-refractivity contribution >= 4 is 11.7 Å². The van der Waals surface area contributed by atoms with Gasteiger partial charge in [0.15, 0.2) is 0 Å². The van der Waals surface area contributed by atoms with Crippen LogP contribution in [0.15, 0.2) is 18.3 Å². The van der Waals surface area contributed by atoms with Crippen molar-refractivity contribution in [3.05, 3.63) is 23.9 Å². The number of hydrogen-bond donors (Lipinski definition) is 1. The first-order chi connectivity index (χ1) is 10.6. The number of nitrogens with zero attached hydrogens (tertiary/aromatic N) is 3. The van der Waals surface area contributed by atoms with Crippen molar-refractivity contribution in [2.24, 2.45) is 5.92 Å². The quantitative estimate of drug-likeness (QED) is 0.901. The summed E-state index contributed by atoms with van der Waals surface area (Å²) in [6.45, 7) is 5.11. The van der Waals surface area contributed by atoms with E-state index in [9.17, 15) is 9.90 Å². The van der Waals surface area contributed by atoms with Crippen LogP contribution in [0, 0.1) is 12.8 Å². The van der Waals surface area contributed by atoms with Gasteiger partial charge in [0.1, 0.15) is 5.82 Å². The zero-order chi connectivity index (χ0) is 15.5. The highest BCUT2D eigenvalue weighted by molar-refractivity contribution is 5.79. The smallest absolute Gasteiger partial charge is 0.225 e. The predicted octanol–water partition coefficient (Wildman–Crippen LogP) is 1.59. The first-order valence-electron chi connectivity index (χ1n) is 8.28. The van der Waals surface area contributed by atoms with E-state index in [2.05, 4.69) is 22.0 Å². The summed E-state index contributed by atoms with van der Waals surface area (Å²) in [5, 5.41) is 9.73. The van der Waals surface area contributed by atoms with E-state index >= 15 is 0 Å². The monoisotopic (exact) mass is 303 g/mol. The summed E-state index contributed by atoms with van der Waals surface area (Å²) in [5.41, 5.74) is 1.16. The highest BCUT2D eigenvalue weighted by Gasteiger charge is 2.31. The maximum absolute atomic E-state index is 12.6. The molecular weight excluding hydrogens is 278 g/mol. The fraction of sp³-hybridized carbons (Fsp3) is 0.647. The van der Waals surface area contributed by atoms with Gasteiger partial charge in [-0.2, -0.15) is 0 Å². The minimum Gasteiger partial charge on any atom is -0.391 e. The Morgan fingerprint density at radius 2 is 2.00 bits per heavy atom. The highest BCUT2D eigenvalue weighted by Crippen LogP contribution is 2.24. The molecule has 3 heterocycles. The third-order valence-electron chi connectivity index (χ3n) is 4.77. The molecule has 5 heteroatoms. The normalized spacial score (nSPS) is 23.6. The van der Waals surface area contributed by atoms with E-state index in [1.165, 1.54) is 0 Å². The number of aryl methyl sites for hydroxylation is 1. The topological polar surface area (TPSA) is 56.7 Å². The molecule has 1 N–H and O–H groups in total. The summed E-state index contributed by atoms with van der Waals surface area (Å²) in [6.07, 6.45) is 5.04. The third-order valence-corrected chi connectivity index (χ3v) is 4.77. The Labute approximate surface area is 131 Å². The zero-order valence-corrected chi connectivity index (χ0v) is 13.2. The van der Waals surface area contributed by atoms with Crippen LogP contribution in [0.4, 0.5) is 5.82 Å². The number of anilines is 1. The fourth-order valence-electron chi connectivity index (χ4n) is 3.42. The number of hydrogen-bond acceptors (Lipinski definition) is 4. The molecule has 0 saturated carbocycles. The molecule has 1 amide bonds. The Balaban J connectivity index is 1.55. The van der Waals surface area contributed by atoms with Crippen LogP contribution in [-0.2, 0) is 4.79 Å². The lowest BCUT2D eigenvalue weighted by Crippen LogP contribution is -2.47. The predicted molar refractivity (Wildman–Crippen MR) is 85.7 cm³/mol. The number of aromatic nitrogens is 1. The number of rotatable bonds is 2. The molecule has 1 unspecified atom stereocenters. The summed E-state index contributed by atoms with van der Waals surface area (Å²) in [5.74, 6) is 1.34. The van der Waals surface area contributed by atoms with E-state index in [-0.39, 0.29) is 17.9 Å². The van der Waals surface area contributed by atoms with E-state index in [1.807, 2.05) is 18.0 Å². The number of piperidine rings is 2. The van der Waals surface area contributed by atoms with Crippen LogP contribution in [0.5, 0.6) is 0 Å². The van der Waals surface area contributed by atoms with Crippen molar-refractivity contribution in [1.29, 1.82) is 0 Å². The van der Waals surface area contributed by atoms with Crippen LogP contribution >= 0.6 is 0 Å². The molecule has 2 saturated heterocycles. The largest absolute Gasteiger partial charge is 0.391 e. The van der Waals surface area contributed by atoms with Gasteiger partial charge in [0.2, 0.25) is 5.91 Å². The van der Waals surface area contributed by atoms with Gasteiger partial charge in [0.05, 0.1) is 6.10 Å². The minimum absolute atomic E-state index is 0.104. The van der Waals surface area contributed by atoms with Crippen LogP contribution in [0.25, 0.3) is 0 Å². The number of carbonyl (C=O) groups is 1. The summed E-state index contributed by atoms with van der Waals surface area (Å²) in [6, 6.07) is 4.13. The first kappa shape index (κ1) is 15.3. The van der Waals surface area contributed by atoms with Crippen molar-refractivity contribution in [3.63, 3.8) is 0 Å². The maximum atomic E-state index is 12.6. The van der Waals surface area contributed by atoms with Gasteiger partial charge in [0.25, 0.3) is 0 Å². The number of pyridine rings is 1. The summed E-state index contributed by atoms with van der Waals surface area (Å²) >= 11 is 0. The molecule has 0 bridgehead atoms. The lowest BCUT2D eigenvalue weighted by Gasteiger charge is -2.37. The number of β-amino-alcohol motifs (C(OH)–C–C–N with tert-alkyl or cyclic N) is 1. The molecule has 0 aliphatic carbocycles.